The quantitative estimate of drug-likeness (QED) is 0.747. The van der Waals surface area contributed by atoms with Crippen molar-refractivity contribution in [3.05, 3.63) is 34.5 Å². The van der Waals surface area contributed by atoms with E-state index in [0.29, 0.717) is 10.2 Å². The third kappa shape index (κ3) is 1.70. The van der Waals surface area contributed by atoms with Crippen LogP contribution in [-0.4, -0.2) is 15.2 Å². The number of hydrogen-bond acceptors (Lipinski definition) is 5. The van der Waals surface area contributed by atoms with Crippen LogP contribution < -0.4 is 5.73 Å². The molecule has 0 aliphatic heterocycles. The molecule has 0 saturated carbocycles. The molecule has 3 aromatic rings. The maximum absolute atomic E-state index is 6.30. The van der Waals surface area contributed by atoms with Gasteiger partial charge in [0.25, 0.3) is 0 Å². The Bertz CT molecular complexity index is 827. The van der Waals surface area contributed by atoms with E-state index in [1.165, 1.54) is 16.9 Å². The number of pyridine rings is 1. The fraction of sp³-hybridized carbons (Fsp3) is 0.214. The lowest BCUT2D eigenvalue weighted by Gasteiger charge is -2.10. The van der Waals surface area contributed by atoms with Crippen LogP contribution in [0.15, 0.2) is 18.2 Å². The molecule has 0 fully saturated rings. The van der Waals surface area contributed by atoms with Gasteiger partial charge in [0.05, 0.1) is 10.5 Å². The number of hydrogen-bond donors (Lipinski definition) is 1. The fourth-order valence-electron chi connectivity index (χ4n) is 2.83. The van der Waals surface area contributed by atoms with Crippen LogP contribution in [0, 0.1) is 0 Å². The lowest BCUT2D eigenvalue weighted by molar-refractivity contribution is 0.901. The predicted octanol–water partition coefficient (Wildman–Crippen LogP) is 3.48. The molecule has 1 aliphatic carbocycles. The highest BCUT2D eigenvalue weighted by molar-refractivity contribution is 7.18. The molecule has 0 radical (unpaired) electrons. The van der Waals surface area contributed by atoms with Gasteiger partial charge in [-0.1, -0.05) is 35.1 Å². The van der Waals surface area contributed by atoms with Crippen LogP contribution in [0.5, 0.6) is 0 Å². The van der Waals surface area contributed by atoms with Crippen molar-refractivity contribution < 1.29 is 0 Å². The predicted molar refractivity (Wildman–Crippen MR) is 82.1 cm³/mol. The Labute approximate surface area is 124 Å². The van der Waals surface area contributed by atoms with Gasteiger partial charge in [-0.05, 0) is 30.9 Å². The summed E-state index contributed by atoms with van der Waals surface area (Å²) in [6.07, 6.45) is 3.15. The Balaban J connectivity index is 2.14. The van der Waals surface area contributed by atoms with Crippen LogP contribution in [0.25, 0.3) is 21.5 Å². The molecular weight excluding hydrogens is 292 g/mol. The lowest BCUT2D eigenvalue weighted by Crippen LogP contribution is -1.95. The Morgan fingerprint density at radius 1 is 1.20 bits per heavy atom. The molecule has 0 saturated heterocycles. The van der Waals surface area contributed by atoms with Gasteiger partial charge < -0.3 is 5.73 Å². The normalized spacial score (nSPS) is 13.8. The summed E-state index contributed by atoms with van der Waals surface area (Å²) >= 11 is 7.72. The van der Waals surface area contributed by atoms with E-state index in [9.17, 15) is 0 Å². The number of nitrogens with two attached hydrogens (primary N) is 1. The highest BCUT2D eigenvalue weighted by atomic mass is 35.5. The molecule has 20 heavy (non-hydrogen) atoms. The number of para-hydroxylation sites is 1. The summed E-state index contributed by atoms with van der Waals surface area (Å²) in [6, 6.07) is 5.86. The van der Waals surface area contributed by atoms with E-state index < -0.39 is 0 Å². The van der Waals surface area contributed by atoms with Gasteiger partial charge in [-0.25, -0.2) is 0 Å². The summed E-state index contributed by atoms with van der Waals surface area (Å²) in [6.45, 7) is 0. The van der Waals surface area contributed by atoms with E-state index in [2.05, 4.69) is 10.2 Å². The lowest BCUT2D eigenvalue weighted by atomic mass is 10.0. The molecule has 2 aromatic heterocycles. The van der Waals surface area contributed by atoms with Gasteiger partial charge in [0.1, 0.15) is 0 Å². The van der Waals surface area contributed by atoms with E-state index in [1.807, 2.05) is 18.2 Å². The summed E-state index contributed by atoms with van der Waals surface area (Å²) in [5.41, 5.74) is 10.1. The van der Waals surface area contributed by atoms with Crippen molar-refractivity contribution in [2.45, 2.75) is 19.3 Å². The number of benzene rings is 1. The molecule has 4 nitrogen and oxygen atoms in total. The minimum atomic E-state index is 0.485. The average Bonchev–Trinajstić information content (AvgIpc) is 3.05. The summed E-state index contributed by atoms with van der Waals surface area (Å²) < 4.78 is 0. The average molecular weight is 303 g/mol. The van der Waals surface area contributed by atoms with Crippen LogP contribution >= 0.6 is 22.9 Å². The van der Waals surface area contributed by atoms with E-state index in [4.69, 9.17) is 22.3 Å². The molecule has 100 valence electrons. The Morgan fingerprint density at radius 2 is 2.10 bits per heavy atom. The molecule has 2 heterocycles. The largest absolute Gasteiger partial charge is 0.374 e. The highest BCUT2D eigenvalue weighted by Gasteiger charge is 2.23. The minimum Gasteiger partial charge on any atom is -0.374 e. The van der Waals surface area contributed by atoms with E-state index in [-0.39, 0.29) is 0 Å². The third-order valence-corrected chi connectivity index (χ3v) is 4.72. The Hall–Kier alpha value is -1.72. The zero-order valence-corrected chi connectivity index (χ0v) is 12.1. The van der Waals surface area contributed by atoms with E-state index in [0.717, 1.165) is 46.4 Å². The van der Waals surface area contributed by atoms with Gasteiger partial charge in [0, 0.05) is 16.6 Å². The number of anilines is 1. The van der Waals surface area contributed by atoms with Crippen LogP contribution in [0.3, 0.4) is 0 Å². The van der Waals surface area contributed by atoms with Gasteiger partial charge in [-0.15, -0.1) is 10.2 Å². The smallest absolute Gasteiger partial charge is 0.203 e. The summed E-state index contributed by atoms with van der Waals surface area (Å²) in [7, 11) is 0. The van der Waals surface area contributed by atoms with Crippen LogP contribution in [0.1, 0.15) is 17.7 Å². The van der Waals surface area contributed by atoms with E-state index >= 15 is 0 Å². The summed E-state index contributed by atoms with van der Waals surface area (Å²) in [4.78, 5) is 4.74. The number of fused-ring (bicyclic) bond motifs is 2. The molecule has 0 amide bonds. The van der Waals surface area contributed by atoms with Crippen LogP contribution in [0.4, 0.5) is 5.13 Å². The fourth-order valence-corrected chi connectivity index (χ4v) is 3.74. The standard InChI is InChI=1S/C14H11ClN4S/c15-9-5-1-4-8-11(13-18-19-14(16)20-13)7-3-2-6-10(7)17-12(8)9/h1,4-5H,2-3,6H2,(H2,16,19). The second-order valence-corrected chi connectivity index (χ2v) is 6.26. The monoisotopic (exact) mass is 302 g/mol. The van der Waals surface area contributed by atoms with Crippen molar-refractivity contribution in [1.82, 2.24) is 15.2 Å². The molecule has 1 aromatic carbocycles. The number of aryl methyl sites for hydroxylation is 1. The van der Waals surface area contributed by atoms with Crippen molar-refractivity contribution in [2.24, 2.45) is 0 Å². The second-order valence-electron chi connectivity index (χ2n) is 4.85. The van der Waals surface area contributed by atoms with Gasteiger partial charge >= 0.3 is 0 Å². The van der Waals surface area contributed by atoms with Crippen molar-refractivity contribution in [1.29, 1.82) is 0 Å². The summed E-state index contributed by atoms with van der Waals surface area (Å²) in [5, 5.41) is 11.2. The molecule has 0 unspecified atom stereocenters. The summed E-state index contributed by atoms with van der Waals surface area (Å²) in [5.74, 6) is 0. The Morgan fingerprint density at radius 3 is 2.90 bits per heavy atom. The zero-order chi connectivity index (χ0) is 13.7. The number of halogens is 1. The maximum Gasteiger partial charge on any atom is 0.203 e. The van der Waals surface area contributed by atoms with Crippen molar-refractivity contribution in [2.75, 3.05) is 5.73 Å². The Kier molecular flexibility index (Phi) is 2.65. The van der Waals surface area contributed by atoms with Crippen molar-refractivity contribution in [3.8, 4) is 10.6 Å². The van der Waals surface area contributed by atoms with E-state index in [1.54, 1.807) is 0 Å². The molecule has 1 aliphatic rings. The number of nitrogens with zero attached hydrogens (tertiary/aromatic N) is 3. The van der Waals surface area contributed by atoms with Gasteiger partial charge in [-0.3, -0.25) is 4.98 Å². The molecule has 0 spiro atoms. The van der Waals surface area contributed by atoms with Crippen LogP contribution in [0.2, 0.25) is 5.02 Å². The molecule has 6 heteroatoms. The number of rotatable bonds is 1. The van der Waals surface area contributed by atoms with Gasteiger partial charge in [-0.2, -0.15) is 0 Å². The first-order chi connectivity index (χ1) is 9.74. The second kappa shape index (κ2) is 4.40. The van der Waals surface area contributed by atoms with Crippen molar-refractivity contribution >= 4 is 39.0 Å². The molecule has 0 bridgehead atoms. The van der Waals surface area contributed by atoms with Gasteiger partial charge in [0.2, 0.25) is 5.13 Å². The number of aromatic nitrogens is 3. The maximum atomic E-state index is 6.30. The first kappa shape index (κ1) is 12.1. The first-order valence-electron chi connectivity index (χ1n) is 6.43. The van der Waals surface area contributed by atoms with Crippen LogP contribution in [-0.2, 0) is 12.8 Å². The zero-order valence-electron chi connectivity index (χ0n) is 10.6. The van der Waals surface area contributed by atoms with Gasteiger partial charge in [0.15, 0.2) is 5.01 Å². The molecule has 4 rings (SSSR count). The highest BCUT2D eigenvalue weighted by Crippen LogP contribution is 2.40. The molecule has 0 atom stereocenters. The molecule has 2 N–H and O–H groups in total. The minimum absolute atomic E-state index is 0.485. The topological polar surface area (TPSA) is 64.7 Å². The first-order valence-corrected chi connectivity index (χ1v) is 7.63. The van der Waals surface area contributed by atoms with Crippen molar-refractivity contribution in [3.63, 3.8) is 0 Å². The third-order valence-electron chi connectivity index (χ3n) is 3.65. The molecular formula is C14H11ClN4S. The SMILES string of the molecule is Nc1nnc(-c2c3c(nc4c(Cl)cccc24)CCC3)s1. The number of nitrogen functional groups attached to an aromatic ring is 1.